The van der Waals surface area contributed by atoms with E-state index in [1.807, 2.05) is 0 Å². The lowest BCUT2D eigenvalue weighted by molar-refractivity contribution is 0.585. The molecule has 0 radical (unpaired) electrons. The first-order valence-electron chi connectivity index (χ1n) is 5.17. The summed E-state index contributed by atoms with van der Waals surface area (Å²) >= 11 is 9.02. The van der Waals surface area contributed by atoms with Gasteiger partial charge in [0.05, 0.1) is 10.0 Å². The van der Waals surface area contributed by atoms with E-state index in [9.17, 15) is 8.78 Å². The van der Waals surface area contributed by atoms with E-state index in [0.29, 0.717) is 10.6 Å². The molecule has 0 bridgehead atoms. The van der Waals surface area contributed by atoms with Crippen LogP contribution in [0.2, 0.25) is 5.02 Å². The quantitative estimate of drug-likeness (QED) is 0.805. The summed E-state index contributed by atoms with van der Waals surface area (Å²) in [6.45, 7) is 0.280. The molecule has 2 aromatic carbocycles. The summed E-state index contributed by atoms with van der Waals surface area (Å²) < 4.78 is 27.8. The van der Waals surface area contributed by atoms with Crippen molar-refractivity contribution >= 4 is 27.5 Å². The zero-order valence-corrected chi connectivity index (χ0v) is 11.5. The van der Waals surface area contributed by atoms with Gasteiger partial charge in [-0.3, -0.25) is 0 Å². The molecule has 0 fully saturated rings. The summed E-state index contributed by atoms with van der Waals surface area (Å²) in [5.41, 5.74) is 6.50. The number of hydrogen-bond acceptors (Lipinski definition) is 1. The number of hydrogen-bond donors (Lipinski definition) is 1. The molecular weight excluding hydrogens is 324 g/mol. The minimum absolute atomic E-state index is 0.102. The van der Waals surface area contributed by atoms with Gasteiger partial charge in [-0.2, -0.15) is 0 Å². The van der Waals surface area contributed by atoms with Gasteiger partial charge in [-0.25, -0.2) is 8.78 Å². The lowest BCUT2D eigenvalue weighted by Gasteiger charge is -2.09. The molecule has 0 amide bonds. The Hall–Kier alpha value is -0.970. The molecule has 0 aliphatic rings. The standard InChI is InChI=1S/C13H9BrClF2N/c14-9-3-4-11(16)12(13(9)17)7-1-2-8(6-18)10(15)5-7/h1-5H,6,18H2. The van der Waals surface area contributed by atoms with Crippen LogP contribution in [0.15, 0.2) is 34.8 Å². The Morgan fingerprint density at radius 3 is 2.50 bits per heavy atom. The van der Waals surface area contributed by atoms with Crippen molar-refractivity contribution in [3.8, 4) is 11.1 Å². The van der Waals surface area contributed by atoms with Crippen molar-refractivity contribution in [1.82, 2.24) is 0 Å². The van der Waals surface area contributed by atoms with Crippen LogP contribution in [0.3, 0.4) is 0 Å². The maximum atomic E-state index is 13.9. The van der Waals surface area contributed by atoms with Crippen LogP contribution >= 0.6 is 27.5 Å². The van der Waals surface area contributed by atoms with Gasteiger partial charge in [0.2, 0.25) is 0 Å². The molecule has 0 aromatic heterocycles. The molecule has 0 heterocycles. The van der Waals surface area contributed by atoms with E-state index < -0.39 is 11.6 Å². The van der Waals surface area contributed by atoms with E-state index >= 15 is 0 Å². The fourth-order valence-corrected chi connectivity index (χ4v) is 2.25. The number of rotatable bonds is 2. The van der Waals surface area contributed by atoms with Gasteiger partial charge < -0.3 is 5.73 Å². The van der Waals surface area contributed by atoms with Gasteiger partial charge in [0.25, 0.3) is 0 Å². The Balaban J connectivity index is 2.62. The second-order valence-corrected chi connectivity index (χ2v) is 4.99. The van der Waals surface area contributed by atoms with Gasteiger partial charge in [0.1, 0.15) is 11.6 Å². The molecule has 0 spiro atoms. The Morgan fingerprint density at radius 1 is 1.17 bits per heavy atom. The van der Waals surface area contributed by atoms with Crippen LogP contribution in [-0.4, -0.2) is 0 Å². The van der Waals surface area contributed by atoms with Crippen LogP contribution in [0.1, 0.15) is 5.56 Å². The lowest BCUT2D eigenvalue weighted by atomic mass is 10.0. The molecule has 0 aliphatic heterocycles. The van der Waals surface area contributed by atoms with E-state index in [4.69, 9.17) is 17.3 Å². The Bertz CT molecular complexity index is 602. The van der Waals surface area contributed by atoms with Crippen molar-refractivity contribution in [2.45, 2.75) is 6.54 Å². The molecule has 5 heteroatoms. The molecule has 0 atom stereocenters. The third-order valence-electron chi connectivity index (χ3n) is 2.61. The van der Waals surface area contributed by atoms with E-state index in [1.54, 1.807) is 12.1 Å². The van der Waals surface area contributed by atoms with Crippen LogP contribution in [0.25, 0.3) is 11.1 Å². The molecule has 18 heavy (non-hydrogen) atoms. The average molecular weight is 333 g/mol. The molecule has 2 aromatic rings. The number of halogens is 4. The van der Waals surface area contributed by atoms with Crippen molar-refractivity contribution < 1.29 is 8.78 Å². The van der Waals surface area contributed by atoms with Gasteiger partial charge in [-0.15, -0.1) is 0 Å². The maximum Gasteiger partial charge on any atom is 0.148 e. The highest BCUT2D eigenvalue weighted by atomic mass is 79.9. The predicted octanol–water partition coefficient (Wildman–Crippen LogP) is 4.51. The van der Waals surface area contributed by atoms with Crippen LogP contribution in [0.5, 0.6) is 0 Å². The Morgan fingerprint density at radius 2 is 1.89 bits per heavy atom. The normalized spacial score (nSPS) is 10.7. The summed E-state index contributed by atoms with van der Waals surface area (Å²) in [4.78, 5) is 0. The van der Waals surface area contributed by atoms with Gasteiger partial charge in [0, 0.05) is 11.6 Å². The molecule has 0 aliphatic carbocycles. The van der Waals surface area contributed by atoms with Crippen molar-refractivity contribution in [2.24, 2.45) is 5.73 Å². The van der Waals surface area contributed by atoms with Crippen molar-refractivity contribution in [2.75, 3.05) is 0 Å². The highest BCUT2D eigenvalue weighted by Crippen LogP contribution is 2.32. The summed E-state index contributed by atoms with van der Waals surface area (Å²) in [7, 11) is 0. The summed E-state index contributed by atoms with van der Waals surface area (Å²) in [6, 6.07) is 7.30. The number of nitrogens with two attached hydrogens (primary N) is 1. The van der Waals surface area contributed by atoms with Crippen molar-refractivity contribution in [1.29, 1.82) is 0 Å². The SMILES string of the molecule is NCc1ccc(-c2c(F)ccc(Br)c2F)cc1Cl. The van der Waals surface area contributed by atoms with Gasteiger partial charge >= 0.3 is 0 Å². The van der Waals surface area contributed by atoms with Crippen molar-refractivity contribution in [3.05, 3.63) is 57.0 Å². The average Bonchev–Trinajstić information content (AvgIpc) is 2.35. The molecule has 1 nitrogen and oxygen atoms in total. The van der Waals surface area contributed by atoms with Gasteiger partial charge in [-0.1, -0.05) is 23.7 Å². The molecular formula is C13H9BrClF2N. The Labute approximate surface area is 117 Å². The third kappa shape index (κ3) is 2.41. The largest absolute Gasteiger partial charge is 0.326 e. The second kappa shape index (κ2) is 5.34. The first kappa shape index (κ1) is 13.5. The molecule has 0 unspecified atom stereocenters. The van der Waals surface area contributed by atoms with Crippen LogP contribution < -0.4 is 5.73 Å². The van der Waals surface area contributed by atoms with Gasteiger partial charge in [-0.05, 0) is 45.3 Å². The van der Waals surface area contributed by atoms with E-state index in [0.717, 1.165) is 5.56 Å². The fraction of sp³-hybridized carbons (Fsp3) is 0.0769. The smallest absolute Gasteiger partial charge is 0.148 e. The first-order valence-corrected chi connectivity index (χ1v) is 6.34. The third-order valence-corrected chi connectivity index (χ3v) is 3.57. The molecule has 94 valence electrons. The minimum Gasteiger partial charge on any atom is -0.326 e. The summed E-state index contributed by atoms with van der Waals surface area (Å²) in [6.07, 6.45) is 0. The van der Waals surface area contributed by atoms with E-state index in [1.165, 1.54) is 18.2 Å². The van der Waals surface area contributed by atoms with Crippen LogP contribution in [0.4, 0.5) is 8.78 Å². The zero-order valence-electron chi connectivity index (χ0n) is 9.18. The molecule has 2 N–H and O–H groups in total. The predicted molar refractivity (Wildman–Crippen MR) is 72.4 cm³/mol. The van der Waals surface area contributed by atoms with E-state index in [-0.39, 0.29) is 16.6 Å². The van der Waals surface area contributed by atoms with Crippen LogP contribution in [0, 0.1) is 11.6 Å². The maximum absolute atomic E-state index is 13.9. The zero-order chi connectivity index (χ0) is 13.3. The Kier molecular flexibility index (Phi) is 4.00. The van der Waals surface area contributed by atoms with Gasteiger partial charge in [0.15, 0.2) is 0 Å². The topological polar surface area (TPSA) is 26.0 Å². The number of benzene rings is 2. The van der Waals surface area contributed by atoms with E-state index in [2.05, 4.69) is 15.9 Å². The highest BCUT2D eigenvalue weighted by Gasteiger charge is 2.15. The summed E-state index contributed by atoms with van der Waals surface area (Å²) in [5.74, 6) is -1.28. The summed E-state index contributed by atoms with van der Waals surface area (Å²) in [5, 5.41) is 0.397. The monoisotopic (exact) mass is 331 g/mol. The van der Waals surface area contributed by atoms with Crippen molar-refractivity contribution in [3.63, 3.8) is 0 Å². The molecule has 0 saturated heterocycles. The molecule has 2 rings (SSSR count). The first-order chi connectivity index (χ1) is 8.54. The fourth-order valence-electron chi connectivity index (χ4n) is 1.66. The minimum atomic E-state index is -0.647. The second-order valence-electron chi connectivity index (χ2n) is 3.73. The molecule has 0 saturated carbocycles. The highest BCUT2D eigenvalue weighted by molar-refractivity contribution is 9.10. The lowest BCUT2D eigenvalue weighted by Crippen LogP contribution is -1.98. The van der Waals surface area contributed by atoms with Crippen LogP contribution in [-0.2, 0) is 6.54 Å².